The molecule has 0 radical (unpaired) electrons. The molecule has 0 unspecified atom stereocenters. The van der Waals surface area contributed by atoms with Crippen LogP contribution in [0.2, 0.25) is 0 Å². The number of hydrazine groups is 2. The number of aromatic nitrogens is 1. The predicted molar refractivity (Wildman–Crippen MR) is 65.3 cm³/mol. The molecule has 1 aliphatic heterocycles. The summed E-state index contributed by atoms with van der Waals surface area (Å²) in [5.41, 5.74) is 3.69. The van der Waals surface area contributed by atoms with E-state index in [1.807, 2.05) is 55.1 Å². The molecule has 0 saturated carbocycles. The summed E-state index contributed by atoms with van der Waals surface area (Å²) in [6.07, 6.45) is 1.61. The van der Waals surface area contributed by atoms with E-state index in [-0.39, 0.29) is 6.29 Å². The van der Waals surface area contributed by atoms with Crippen molar-refractivity contribution in [2.45, 2.75) is 6.29 Å². The van der Waals surface area contributed by atoms with E-state index in [9.17, 15) is 5.21 Å². The van der Waals surface area contributed by atoms with Crippen LogP contribution in [0.1, 0.15) is 0 Å². The lowest BCUT2D eigenvalue weighted by molar-refractivity contribution is 0.0998. The molecule has 0 amide bonds. The highest BCUT2D eigenvalue weighted by Crippen LogP contribution is 2.31. The van der Waals surface area contributed by atoms with E-state index in [1.54, 1.807) is 6.20 Å². The van der Waals surface area contributed by atoms with E-state index in [0.29, 0.717) is 5.82 Å². The van der Waals surface area contributed by atoms with Gasteiger partial charge in [0.1, 0.15) is 5.69 Å². The lowest BCUT2D eigenvalue weighted by atomic mass is 10.3. The Morgan fingerprint density at radius 1 is 1.29 bits per heavy atom. The van der Waals surface area contributed by atoms with Crippen LogP contribution in [0.3, 0.4) is 0 Å². The Labute approximate surface area is 101 Å². The van der Waals surface area contributed by atoms with E-state index < -0.39 is 0 Å². The van der Waals surface area contributed by atoms with E-state index in [2.05, 4.69) is 10.5 Å². The maximum absolute atomic E-state index is 9.75. The fourth-order valence-corrected chi connectivity index (χ4v) is 2.04. The fourth-order valence-electron chi connectivity index (χ4n) is 2.04. The van der Waals surface area contributed by atoms with E-state index in [0.717, 1.165) is 10.9 Å². The maximum Gasteiger partial charge on any atom is 0.197 e. The van der Waals surface area contributed by atoms with Crippen molar-refractivity contribution < 1.29 is 5.21 Å². The monoisotopic (exact) mass is 238 g/mol. The molecule has 1 aromatic rings. The van der Waals surface area contributed by atoms with Crippen molar-refractivity contribution in [3.05, 3.63) is 18.3 Å². The van der Waals surface area contributed by atoms with Gasteiger partial charge < -0.3 is 0 Å². The highest BCUT2D eigenvalue weighted by Gasteiger charge is 2.33. The van der Waals surface area contributed by atoms with Gasteiger partial charge in [-0.1, -0.05) is 0 Å². The third kappa shape index (κ3) is 2.05. The molecule has 1 aromatic heterocycles. The molecule has 0 fully saturated rings. The Bertz CT molecular complexity index is 388. The number of nitrogens with zero attached hydrogens (tertiary/aromatic N) is 5. The molecule has 2 heterocycles. The number of fused-ring (bicyclic) bond motifs is 1. The summed E-state index contributed by atoms with van der Waals surface area (Å²) in [5.74, 6) is 0.501. The molecular formula is C10H18N6O. The Morgan fingerprint density at radius 3 is 2.53 bits per heavy atom. The minimum Gasteiger partial charge on any atom is -0.276 e. The van der Waals surface area contributed by atoms with Gasteiger partial charge in [-0.25, -0.2) is 4.98 Å². The second-order valence-corrected chi connectivity index (χ2v) is 4.40. The third-order valence-corrected chi connectivity index (χ3v) is 2.58. The molecule has 94 valence electrons. The van der Waals surface area contributed by atoms with Crippen molar-refractivity contribution in [2.24, 2.45) is 0 Å². The van der Waals surface area contributed by atoms with Crippen LogP contribution in [0.15, 0.2) is 18.3 Å². The van der Waals surface area contributed by atoms with Crippen LogP contribution in [-0.4, -0.2) is 54.5 Å². The molecule has 7 nitrogen and oxygen atoms in total. The van der Waals surface area contributed by atoms with Crippen molar-refractivity contribution in [1.29, 1.82) is 0 Å². The summed E-state index contributed by atoms with van der Waals surface area (Å²) in [7, 11) is 7.90. The zero-order valence-electron chi connectivity index (χ0n) is 10.5. The second kappa shape index (κ2) is 4.46. The van der Waals surface area contributed by atoms with E-state index in [4.69, 9.17) is 0 Å². The van der Waals surface area contributed by atoms with Gasteiger partial charge >= 0.3 is 0 Å². The lowest BCUT2D eigenvalue weighted by Crippen LogP contribution is -2.59. The molecule has 0 aromatic carbocycles. The Morgan fingerprint density at radius 2 is 1.94 bits per heavy atom. The highest BCUT2D eigenvalue weighted by atomic mass is 16.6. The standard InChI is InChI=1S/C10H18N6O/c1-13(2)10(14(3)4)15-8-6-5-7-11-9(8)16(17)12-15/h5-7,10,12,17H,1-4H3. The van der Waals surface area contributed by atoms with Gasteiger partial charge in [-0.15, -0.1) is 10.7 Å². The van der Waals surface area contributed by atoms with Crippen LogP contribution in [0.4, 0.5) is 11.5 Å². The zero-order valence-corrected chi connectivity index (χ0v) is 10.5. The molecule has 2 rings (SSSR count). The highest BCUT2D eigenvalue weighted by molar-refractivity contribution is 5.69. The first-order valence-corrected chi connectivity index (χ1v) is 5.35. The van der Waals surface area contributed by atoms with Gasteiger partial charge in [0.15, 0.2) is 12.1 Å². The maximum atomic E-state index is 9.75. The molecule has 0 atom stereocenters. The summed E-state index contributed by atoms with van der Waals surface area (Å²) in [6, 6.07) is 3.75. The first-order valence-electron chi connectivity index (χ1n) is 5.35. The van der Waals surface area contributed by atoms with Crippen LogP contribution in [0.25, 0.3) is 0 Å². The summed E-state index contributed by atoms with van der Waals surface area (Å²) in [5, 5.41) is 12.5. The van der Waals surface area contributed by atoms with Gasteiger partial charge in [0, 0.05) is 6.20 Å². The average molecular weight is 238 g/mol. The van der Waals surface area contributed by atoms with E-state index in [1.165, 1.54) is 0 Å². The van der Waals surface area contributed by atoms with Crippen LogP contribution < -0.4 is 15.7 Å². The summed E-state index contributed by atoms with van der Waals surface area (Å²) >= 11 is 0. The van der Waals surface area contributed by atoms with Gasteiger partial charge in [0.05, 0.1) is 0 Å². The number of pyridine rings is 1. The molecule has 0 aliphatic carbocycles. The molecule has 1 aliphatic rings. The van der Waals surface area contributed by atoms with Crippen molar-refractivity contribution in [3.63, 3.8) is 0 Å². The molecule has 0 spiro atoms. The second-order valence-electron chi connectivity index (χ2n) is 4.40. The number of anilines is 2. The molecule has 2 N–H and O–H groups in total. The Kier molecular flexibility index (Phi) is 3.16. The quantitative estimate of drug-likeness (QED) is 0.714. The van der Waals surface area contributed by atoms with Crippen LogP contribution in [-0.2, 0) is 0 Å². The summed E-state index contributed by atoms with van der Waals surface area (Å²) in [6.45, 7) is 0. The predicted octanol–water partition coefficient (Wildman–Crippen LogP) is -0.0764. The molecule has 17 heavy (non-hydrogen) atoms. The zero-order chi connectivity index (χ0) is 12.6. The number of nitrogens with one attached hydrogen (secondary N) is 1. The normalized spacial score (nSPS) is 15.3. The Hall–Kier alpha value is -1.41. The number of hydrogen-bond donors (Lipinski definition) is 2. The van der Waals surface area contributed by atoms with Gasteiger partial charge in [0.2, 0.25) is 0 Å². The van der Waals surface area contributed by atoms with Gasteiger partial charge in [-0.3, -0.25) is 20.0 Å². The minimum atomic E-state index is -0.0323. The topological polar surface area (TPSA) is 58.1 Å². The molecular weight excluding hydrogens is 220 g/mol. The van der Waals surface area contributed by atoms with Crippen molar-refractivity contribution in [2.75, 3.05) is 38.4 Å². The van der Waals surface area contributed by atoms with Gasteiger partial charge in [0.25, 0.3) is 0 Å². The SMILES string of the molecule is CN(C)C(N(C)C)N1NN(O)c2ncccc21. The van der Waals surface area contributed by atoms with Crippen LogP contribution >= 0.6 is 0 Å². The first kappa shape index (κ1) is 12.1. The van der Waals surface area contributed by atoms with Gasteiger partial charge in [-0.05, 0) is 40.3 Å². The van der Waals surface area contributed by atoms with Crippen molar-refractivity contribution in [1.82, 2.24) is 20.3 Å². The summed E-state index contributed by atoms with van der Waals surface area (Å²) in [4.78, 5) is 8.19. The number of rotatable bonds is 3. The van der Waals surface area contributed by atoms with Gasteiger partial charge in [-0.2, -0.15) is 0 Å². The lowest BCUT2D eigenvalue weighted by Gasteiger charge is -2.38. The number of hydrogen-bond acceptors (Lipinski definition) is 7. The third-order valence-electron chi connectivity index (χ3n) is 2.58. The largest absolute Gasteiger partial charge is 0.276 e. The summed E-state index contributed by atoms with van der Waals surface area (Å²) < 4.78 is 0. The Balaban J connectivity index is 2.35. The fraction of sp³-hybridized carbons (Fsp3) is 0.500. The van der Waals surface area contributed by atoms with Crippen LogP contribution in [0.5, 0.6) is 0 Å². The average Bonchev–Trinajstić information content (AvgIpc) is 2.56. The minimum absolute atomic E-state index is 0.0323. The molecule has 0 saturated heterocycles. The smallest absolute Gasteiger partial charge is 0.197 e. The molecule has 0 bridgehead atoms. The van der Waals surface area contributed by atoms with E-state index >= 15 is 0 Å². The first-order chi connectivity index (χ1) is 8.02. The molecule has 7 heteroatoms. The van der Waals surface area contributed by atoms with Crippen LogP contribution in [0, 0.1) is 0 Å². The van der Waals surface area contributed by atoms with Crippen molar-refractivity contribution >= 4 is 11.5 Å². The van der Waals surface area contributed by atoms with Crippen molar-refractivity contribution in [3.8, 4) is 0 Å².